The monoisotopic (exact) mass is 204 g/mol. The predicted octanol–water partition coefficient (Wildman–Crippen LogP) is 3.77. The fraction of sp³-hybridized carbons (Fsp3) is 0.818. The van der Waals surface area contributed by atoms with E-state index >= 15 is 0 Å². The van der Waals surface area contributed by atoms with Crippen LogP contribution in [0.15, 0.2) is 12.2 Å². The van der Waals surface area contributed by atoms with Gasteiger partial charge < -0.3 is 4.74 Å². The molecule has 0 rings (SSSR count). The van der Waals surface area contributed by atoms with Crippen LogP contribution in [0.3, 0.4) is 0 Å². The van der Waals surface area contributed by atoms with E-state index in [1.54, 1.807) is 0 Å². The average molecular weight is 205 g/mol. The summed E-state index contributed by atoms with van der Waals surface area (Å²) in [7, 11) is 0. The van der Waals surface area contributed by atoms with E-state index in [4.69, 9.17) is 16.3 Å². The van der Waals surface area contributed by atoms with Crippen LogP contribution in [0.25, 0.3) is 0 Å². The quantitative estimate of drug-likeness (QED) is 0.316. The Morgan fingerprint density at radius 1 is 1.08 bits per heavy atom. The third-order valence-electron chi connectivity index (χ3n) is 1.86. The zero-order valence-corrected chi connectivity index (χ0v) is 9.35. The van der Waals surface area contributed by atoms with E-state index in [9.17, 15) is 0 Å². The smallest absolute Gasteiger partial charge is 0.0647 e. The molecule has 0 saturated heterocycles. The van der Waals surface area contributed by atoms with Gasteiger partial charge in [0.1, 0.15) is 0 Å². The number of allylic oxidation sites excluding steroid dienone is 1. The molecule has 0 amide bonds. The molecule has 0 spiro atoms. The number of hydrogen-bond donors (Lipinski definition) is 0. The summed E-state index contributed by atoms with van der Waals surface area (Å²) >= 11 is 5.46. The van der Waals surface area contributed by atoms with Gasteiger partial charge in [0.2, 0.25) is 0 Å². The summed E-state index contributed by atoms with van der Waals surface area (Å²) in [6, 6.07) is 0. The van der Waals surface area contributed by atoms with Crippen LogP contribution in [-0.4, -0.2) is 19.1 Å². The van der Waals surface area contributed by atoms with Crippen molar-refractivity contribution in [3.8, 4) is 0 Å². The molecule has 0 fully saturated rings. The summed E-state index contributed by atoms with van der Waals surface area (Å²) in [5, 5.41) is 0. The Kier molecular flexibility index (Phi) is 12.0. The van der Waals surface area contributed by atoms with Gasteiger partial charge in [0.25, 0.3) is 0 Å². The van der Waals surface area contributed by atoms with Crippen molar-refractivity contribution < 1.29 is 4.74 Å². The van der Waals surface area contributed by atoms with Gasteiger partial charge in [-0.1, -0.05) is 44.8 Å². The third-order valence-corrected chi connectivity index (χ3v) is 2.04. The van der Waals surface area contributed by atoms with Crippen LogP contribution < -0.4 is 0 Å². The third kappa shape index (κ3) is 12.0. The number of unbranched alkanes of at least 4 members (excludes halogenated alkanes) is 4. The van der Waals surface area contributed by atoms with E-state index in [1.807, 2.05) is 12.2 Å². The topological polar surface area (TPSA) is 9.23 Å². The van der Waals surface area contributed by atoms with Gasteiger partial charge in [-0.3, -0.25) is 0 Å². The Morgan fingerprint density at radius 3 is 2.54 bits per heavy atom. The molecular weight excluding hydrogens is 184 g/mol. The first kappa shape index (κ1) is 13.0. The molecule has 0 atom stereocenters. The van der Waals surface area contributed by atoms with E-state index in [2.05, 4.69) is 6.92 Å². The molecule has 2 heteroatoms. The molecule has 78 valence electrons. The average Bonchev–Trinajstić information content (AvgIpc) is 2.16. The highest BCUT2D eigenvalue weighted by Crippen LogP contribution is 2.02. The van der Waals surface area contributed by atoms with Crippen molar-refractivity contribution in [1.82, 2.24) is 0 Å². The first-order chi connectivity index (χ1) is 6.41. The van der Waals surface area contributed by atoms with Crippen LogP contribution in [-0.2, 0) is 4.74 Å². The molecule has 0 saturated carbocycles. The van der Waals surface area contributed by atoms with Crippen LogP contribution in [0.4, 0.5) is 0 Å². The second-order valence-electron chi connectivity index (χ2n) is 3.11. The molecule has 0 radical (unpaired) electrons. The summed E-state index contributed by atoms with van der Waals surface area (Å²) in [4.78, 5) is 0. The molecule has 0 bridgehead atoms. The van der Waals surface area contributed by atoms with E-state index in [0.717, 1.165) is 6.61 Å². The molecule has 0 N–H and O–H groups in total. The largest absolute Gasteiger partial charge is 0.377 e. The zero-order valence-electron chi connectivity index (χ0n) is 8.60. The summed E-state index contributed by atoms with van der Waals surface area (Å²) in [6.07, 6.45) is 10.4. The maximum Gasteiger partial charge on any atom is 0.0647 e. The van der Waals surface area contributed by atoms with Crippen molar-refractivity contribution in [2.24, 2.45) is 0 Å². The molecule has 0 unspecified atom stereocenters. The van der Waals surface area contributed by atoms with Gasteiger partial charge in [-0.15, -0.1) is 11.6 Å². The van der Waals surface area contributed by atoms with Gasteiger partial charge in [0.05, 0.1) is 6.61 Å². The van der Waals surface area contributed by atoms with Gasteiger partial charge in [0.15, 0.2) is 0 Å². The molecule has 0 aliphatic rings. The summed E-state index contributed by atoms with van der Waals surface area (Å²) in [6.45, 7) is 3.82. The highest BCUT2D eigenvalue weighted by Gasteiger charge is 1.88. The molecule has 1 nitrogen and oxygen atoms in total. The molecule has 13 heavy (non-hydrogen) atoms. The fourth-order valence-electron chi connectivity index (χ4n) is 1.09. The molecule has 0 aliphatic heterocycles. The van der Waals surface area contributed by atoms with Crippen LogP contribution >= 0.6 is 11.6 Å². The number of ether oxygens (including phenoxy) is 1. The number of alkyl halides is 1. The molecule has 0 heterocycles. The maximum absolute atomic E-state index is 5.46. The van der Waals surface area contributed by atoms with Crippen molar-refractivity contribution >= 4 is 11.6 Å². The van der Waals surface area contributed by atoms with E-state index in [0.29, 0.717) is 12.5 Å². The lowest BCUT2D eigenvalue weighted by Gasteiger charge is -2.00. The Bertz CT molecular complexity index is 113. The lowest BCUT2D eigenvalue weighted by molar-refractivity contribution is 0.157. The summed E-state index contributed by atoms with van der Waals surface area (Å²) < 4.78 is 5.37. The molecule has 0 aromatic carbocycles. The van der Waals surface area contributed by atoms with Crippen molar-refractivity contribution in [2.75, 3.05) is 19.1 Å². The summed E-state index contributed by atoms with van der Waals surface area (Å²) in [5.74, 6) is 0.583. The number of hydrogen-bond acceptors (Lipinski definition) is 1. The minimum atomic E-state index is 0.583. The minimum Gasteiger partial charge on any atom is -0.377 e. The second kappa shape index (κ2) is 12.0. The second-order valence-corrected chi connectivity index (χ2v) is 3.42. The highest BCUT2D eigenvalue weighted by atomic mass is 35.5. The lowest BCUT2D eigenvalue weighted by atomic mass is 10.2. The van der Waals surface area contributed by atoms with Gasteiger partial charge in [-0.2, -0.15) is 0 Å². The predicted molar refractivity (Wildman–Crippen MR) is 59.4 cm³/mol. The van der Waals surface area contributed by atoms with Gasteiger partial charge >= 0.3 is 0 Å². The lowest BCUT2D eigenvalue weighted by Crippen LogP contribution is -1.94. The van der Waals surface area contributed by atoms with E-state index < -0.39 is 0 Å². The Labute approximate surface area is 87.1 Å². The highest BCUT2D eigenvalue weighted by molar-refractivity contribution is 6.18. The normalized spacial score (nSPS) is 11.2. The van der Waals surface area contributed by atoms with Crippen molar-refractivity contribution in [1.29, 1.82) is 0 Å². The number of halogens is 1. The van der Waals surface area contributed by atoms with Gasteiger partial charge in [-0.05, 0) is 6.42 Å². The van der Waals surface area contributed by atoms with Crippen LogP contribution in [0.2, 0.25) is 0 Å². The van der Waals surface area contributed by atoms with Gasteiger partial charge in [-0.25, -0.2) is 0 Å². The molecule has 0 aromatic rings. The molecular formula is C11H21ClO. The van der Waals surface area contributed by atoms with Crippen molar-refractivity contribution in [3.63, 3.8) is 0 Å². The zero-order chi connectivity index (χ0) is 9.78. The van der Waals surface area contributed by atoms with Crippen LogP contribution in [0.1, 0.15) is 39.0 Å². The molecule has 0 aliphatic carbocycles. The maximum atomic E-state index is 5.46. The minimum absolute atomic E-state index is 0.583. The molecule has 0 aromatic heterocycles. The fourth-order valence-corrected chi connectivity index (χ4v) is 1.22. The van der Waals surface area contributed by atoms with Crippen molar-refractivity contribution in [2.45, 2.75) is 39.0 Å². The van der Waals surface area contributed by atoms with Crippen molar-refractivity contribution in [3.05, 3.63) is 12.2 Å². The summed E-state index contributed by atoms with van der Waals surface area (Å²) in [5.41, 5.74) is 0. The van der Waals surface area contributed by atoms with Gasteiger partial charge in [0, 0.05) is 12.5 Å². The Balaban J connectivity index is 2.87. The number of rotatable bonds is 9. The first-order valence-electron chi connectivity index (χ1n) is 5.20. The van der Waals surface area contributed by atoms with Crippen LogP contribution in [0, 0.1) is 0 Å². The Hall–Kier alpha value is -0.0100. The van der Waals surface area contributed by atoms with E-state index in [1.165, 1.54) is 32.1 Å². The first-order valence-corrected chi connectivity index (χ1v) is 5.74. The van der Waals surface area contributed by atoms with Crippen LogP contribution in [0.5, 0.6) is 0 Å². The Morgan fingerprint density at radius 2 is 1.85 bits per heavy atom. The SMILES string of the molecule is CCCCCCCOCC=CCCl. The standard InChI is InChI=1S/C11H21ClO/c1-2-3-4-5-7-10-13-11-8-6-9-12/h6,8H,2-5,7,9-11H2,1H3. The van der Waals surface area contributed by atoms with E-state index in [-0.39, 0.29) is 0 Å².